The molecule has 1 aromatic carbocycles. The van der Waals surface area contributed by atoms with E-state index in [-0.39, 0.29) is 5.43 Å². The summed E-state index contributed by atoms with van der Waals surface area (Å²) in [4.78, 5) is 17.7. The molecule has 1 N–H and O–H groups in total. The van der Waals surface area contributed by atoms with E-state index in [9.17, 15) is 4.79 Å². The maximum absolute atomic E-state index is 11.9. The molecule has 120 valence electrons. The standard InChI is InChI=1S/C19H23N3O/c1-14-19-17(7-8-20-14)16-6-5-15(23)13-18(16)22(19)12-11-21-9-3-2-4-10-21/h5-8,13,20H,2-4,9-12H2,1H3. The fourth-order valence-corrected chi connectivity index (χ4v) is 3.90. The molecular weight excluding hydrogens is 286 g/mol. The number of aryl methyl sites for hydroxylation is 1. The second kappa shape index (κ2) is 5.85. The van der Waals surface area contributed by atoms with Crippen LogP contribution in [0.1, 0.15) is 25.0 Å². The van der Waals surface area contributed by atoms with E-state index in [4.69, 9.17) is 0 Å². The van der Waals surface area contributed by atoms with Gasteiger partial charge in [-0.15, -0.1) is 0 Å². The van der Waals surface area contributed by atoms with Crippen LogP contribution in [0, 0.1) is 6.92 Å². The molecule has 0 saturated carbocycles. The Labute approximate surface area is 135 Å². The van der Waals surface area contributed by atoms with E-state index >= 15 is 0 Å². The highest BCUT2D eigenvalue weighted by Gasteiger charge is 2.15. The number of H-pyrrole nitrogens is 1. The second-order valence-electron chi connectivity index (χ2n) is 6.60. The maximum Gasteiger partial charge on any atom is 0.180 e. The number of nitrogens with zero attached hydrogens (tertiary/aromatic N) is 2. The van der Waals surface area contributed by atoms with Crippen LogP contribution in [0.15, 0.2) is 35.3 Å². The molecule has 1 fully saturated rings. The molecule has 0 amide bonds. The molecule has 0 bridgehead atoms. The highest BCUT2D eigenvalue weighted by Crippen LogP contribution is 2.29. The zero-order valence-corrected chi connectivity index (χ0v) is 13.6. The number of pyridine rings is 1. The third-order valence-corrected chi connectivity index (χ3v) is 5.07. The van der Waals surface area contributed by atoms with E-state index < -0.39 is 0 Å². The van der Waals surface area contributed by atoms with Crippen LogP contribution >= 0.6 is 0 Å². The number of rotatable bonds is 3. The number of hydrogen-bond donors (Lipinski definition) is 1. The highest BCUT2D eigenvalue weighted by atomic mass is 16.1. The molecule has 3 heterocycles. The third-order valence-electron chi connectivity index (χ3n) is 5.07. The van der Waals surface area contributed by atoms with E-state index in [0.29, 0.717) is 0 Å². The number of fused-ring (bicyclic) bond motifs is 3. The molecule has 0 radical (unpaired) electrons. The van der Waals surface area contributed by atoms with Crippen LogP contribution in [0.2, 0.25) is 0 Å². The minimum Gasteiger partial charge on any atom is -0.364 e. The number of aromatic amines is 1. The van der Waals surface area contributed by atoms with Crippen molar-refractivity contribution in [2.45, 2.75) is 32.7 Å². The first-order chi connectivity index (χ1) is 11.2. The predicted molar refractivity (Wildman–Crippen MR) is 95.1 cm³/mol. The summed E-state index contributed by atoms with van der Waals surface area (Å²) in [6.07, 6.45) is 5.96. The molecule has 4 rings (SSSR count). The van der Waals surface area contributed by atoms with Crippen molar-refractivity contribution < 1.29 is 0 Å². The van der Waals surface area contributed by atoms with Crippen LogP contribution in [0.4, 0.5) is 0 Å². The van der Waals surface area contributed by atoms with Crippen LogP contribution in [0.5, 0.6) is 0 Å². The van der Waals surface area contributed by atoms with Gasteiger partial charge in [-0.2, -0.15) is 0 Å². The SMILES string of the molecule is Cc1[nH]ccc2c3ccc(=O)cc3n(CCN3CCCCC3)c12. The van der Waals surface area contributed by atoms with Gasteiger partial charge >= 0.3 is 0 Å². The first-order valence-electron chi connectivity index (χ1n) is 8.56. The minimum absolute atomic E-state index is 0.0844. The van der Waals surface area contributed by atoms with Crippen molar-refractivity contribution in [1.82, 2.24) is 14.5 Å². The molecule has 4 heteroatoms. The summed E-state index contributed by atoms with van der Waals surface area (Å²) in [7, 11) is 0. The number of aromatic nitrogens is 2. The Balaban J connectivity index is 1.81. The van der Waals surface area contributed by atoms with Crippen molar-refractivity contribution in [3.63, 3.8) is 0 Å². The van der Waals surface area contributed by atoms with Gasteiger partial charge in [-0.05, 0) is 51.1 Å². The molecule has 0 aliphatic carbocycles. The van der Waals surface area contributed by atoms with E-state index in [2.05, 4.69) is 27.4 Å². The number of piperidine rings is 1. The summed E-state index contributed by atoms with van der Waals surface area (Å²) in [5.74, 6) is 0. The van der Waals surface area contributed by atoms with Crippen LogP contribution < -0.4 is 5.43 Å². The maximum atomic E-state index is 11.9. The lowest BCUT2D eigenvalue weighted by Gasteiger charge is -2.26. The number of hydrogen-bond acceptors (Lipinski definition) is 2. The van der Waals surface area contributed by atoms with Crippen molar-refractivity contribution in [1.29, 1.82) is 0 Å². The van der Waals surface area contributed by atoms with Crippen LogP contribution in [0.25, 0.3) is 21.8 Å². The third kappa shape index (κ3) is 2.57. The molecule has 4 nitrogen and oxygen atoms in total. The van der Waals surface area contributed by atoms with Gasteiger partial charge in [-0.1, -0.05) is 6.42 Å². The largest absolute Gasteiger partial charge is 0.364 e. The lowest BCUT2D eigenvalue weighted by molar-refractivity contribution is 0.222. The van der Waals surface area contributed by atoms with Crippen molar-refractivity contribution in [3.8, 4) is 0 Å². The fourth-order valence-electron chi connectivity index (χ4n) is 3.90. The molecule has 1 saturated heterocycles. The Kier molecular flexibility index (Phi) is 3.69. The molecular formula is C19H23N3O. The highest BCUT2D eigenvalue weighted by molar-refractivity contribution is 6.08. The van der Waals surface area contributed by atoms with Gasteiger partial charge in [-0.3, -0.25) is 4.79 Å². The zero-order valence-electron chi connectivity index (χ0n) is 13.6. The van der Waals surface area contributed by atoms with Crippen LogP contribution in [0.3, 0.4) is 0 Å². The number of benzene rings is 1. The summed E-state index contributed by atoms with van der Waals surface area (Å²) in [5.41, 5.74) is 3.53. The number of nitrogens with one attached hydrogen (secondary N) is 1. The molecule has 3 aromatic rings. The Morgan fingerprint density at radius 2 is 1.87 bits per heavy atom. The topological polar surface area (TPSA) is 41.0 Å². The lowest BCUT2D eigenvalue weighted by Crippen LogP contribution is -2.32. The van der Waals surface area contributed by atoms with Crippen LogP contribution in [-0.2, 0) is 6.54 Å². The van der Waals surface area contributed by atoms with Crippen molar-refractivity contribution in [3.05, 3.63) is 46.4 Å². The molecule has 0 unspecified atom stereocenters. The fraction of sp³-hybridized carbons (Fsp3) is 0.421. The average molecular weight is 309 g/mol. The Hall–Kier alpha value is -2.07. The normalized spacial score (nSPS) is 16.4. The molecule has 1 aliphatic rings. The monoisotopic (exact) mass is 309 g/mol. The van der Waals surface area contributed by atoms with E-state index in [0.717, 1.165) is 24.3 Å². The summed E-state index contributed by atoms with van der Waals surface area (Å²) in [6, 6.07) is 7.54. The first kappa shape index (κ1) is 14.5. The van der Waals surface area contributed by atoms with E-state index in [1.807, 2.05) is 12.3 Å². The molecule has 0 spiro atoms. The minimum atomic E-state index is 0.0844. The van der Waals surface area contributed by atoms with E-state index in [1.165, 1.54) is 48.6 Å². The number of likely N-dealkylation sites (tertiary alicyclic amines) is 1. The van der Waals surface area contributed by atoms with Gasteiger partial charge < -0.3 is 14.5 Å². The molecule has 2 aromatic heterocycles. The average Bonchev–Trinajstić information content (AvgIpc) is 2.88. The molecule has 23 heavy (non-hydrogen) atoms. The van der Waals surface area contributed by atoms with Gasteiger partial charge in [0.1, 0.15) is 0 Å². The summed E-state index contributed by atoms with van der Waals surface area (Å²) < 4.78 is 2.33. The molecule has 1 aliphatic heterocycles. The van der Waals surface area contributed by atoms with Gasteiger partial charge in [-0.25, -0.2) is 0 Å². The lowest BCUT2D eigenvalue weighted by atomic mass is 10.1. The first-order valence-corrected chi connectivity index (χ1v) is 8.56. The predicted octanol–water partition coefficient (Wildman–Crippen LogP) is 3.28. The van der Waals surface area contributed by atoms with Crippen molar-refractivity contribution in [2.75, 3.05) is 19.6 Å². The van der Waals surface area contributed by atoms with Gasteiger partial charge in [0.15, 0.2) is 5.43 Å². The Morgan fingerprint density at radius 3 is 2.70 bits per heavy atom. The summed E-state index contributed by atoms with van der Waals surface area (Å²) in [5, 5.41) is 2.41. The zero-order chi connectivity index (χ0) is 15.8. The Morgan fingerprint density at radius 1 is 1.04 bits per heavy atom. The molecule has 0 atom stereocenters. The van der Waals surface area contributed by atoms with Crippen molar-refractivity contribution >= 4 is 21.8 Å². The van der Waals surface area contributed by atoms with Gasteiger partial charge in [0.05, 0.1) is 11.0 Å². The van der Waals surface area contributed by atoms with Gasteiger partial charge in [0.25, 0.3) is 0 Å². The summed E-state index contributed by atoms with van der Waals surface area (Å²) in [6.45, 7) is 6.50. The quantitative estimate of drug-likeness (QED) is 0.806. The van der Waals surface area contributed by atoms with Gasteiger partial charge in [0.2, 0.25) is 0 Å². The van der Waals surface area contributed by atoms with E-state index in [1.54, 1.807) is 12.1 Å². The van der Waals surface area contributed by atoms with Gasteiger partial charge in [0, 0.05) is 41.8 Å². The Bertz CT molecular complexity index is 900. The van der Waals surface area contributed by atoms with Crippen LogP contribution in [-0.4, -0.2) is 34.1 Å². The summed E-state index contributed by atoms with van der Waals surface area (Å²) >= 11 is 0. The smallest absolute Gasteiger partial charge is 0.180 e. The second-order valence-corrected chi connectivity index (χ2v) is 6.60. The van der Waals surface area contributed by atoms with Crippen molar-refractivity contribution in [2.24, 2.45) is 0 Å².